The molecule has 0 fully saturated rings. The highest BCUT2D eigenvalue weighted by atomic mass is 16.3. The second-order valence-corrected chi connectivity index (χ2v) is 4.67. The Morgan fingerprint density at radius 2 is 2.00 bits per heavy atom. The number of aryl methyl sites for hydroxylation is 1. The van der Waals surface area contributed by atoms with E-state index in [1.165, 1.54) is 0 Å². The fraction of sp³-hybridized carbons (Fsp3) is 0.0588. The molecule has 0 atom stereocenters. The lowest BCUT2D eigenvalue weighted by Crippen LogP contribution is -1.99. The van der Waals surface area contributed by atoms with Crippen LogP contribution in [0.3, 0.4) is 0 Å². The first-order valence-electron chi connectivity index (χ1n) is 6.22. The lowest BCUT2D eigenvalue weighted by Gasteiger charge is -1.97. The molecule has 0 unspecified atom stereocenters. The third-order valence-electron chi connectivity index (χ3n) is 3.15. The third-order valence-corrected chi connectivity index (χ3v) is 3.15. The van der Waals surface area contributed by atoms with Crippen molar-refractivity contribution in [2.24, 2.45) is 0 Å². The Bertz CT molecular complexity index is 853. The van der Waals surface area contributed by atoms with Crippen LogP contribution in [0, 0.1) is 18.3 Å². The minimum absolute atomic E-state index is 0.212. The van der Waals surface area contributed by atoms with Gasteiger partial charge >= 0.3 is 0 Å². The SMILES string of the molecule is Cc1ccc2oc(C(=O)c3cccc(C#N)c3)cc2c1. The van der Waals surface area contributed by atoms with Gasteiger partial charge in [-0.25, -0.2) is 0 Å². The van der Waals surface area contributed by atoms with Gasteiger partial charge in [0.15, 0.2) is 5.76 Å². The molecule has 20 heavy (non-hydrogen) atoms. The van der Waals surface area contributed by atoms with E-state index in [4.69, 9.17) is 9.68 Å². The van der Waals surface area contributed by atoms with Crippen molar-refractivity contribution < 1.29 is 9.21 Å². The predicted molar refractivity (Wildman–Crippen MR) is 75.5 cm³/mol. The summed E-state index contributed by atoms with van der Waals surface area (Å²) in [5, 5.41) is 9.78. The van der Waals surface area contributed by atoms with Crippen LogP contribution in [0.15, 0.2) is 52.9 Å². The molecule has 1 aromatic heterocycles. The average Bonchev–Trinajstić information content (AvgIpc) is 2.89. The van der Waals surface area contributed by atoms with Crippen LogP contribution in [0.1, 0.15) is 27.2 Å². The lowest BCUT2D eigenvalue weighted by molar-refractivity contribution is 0.101. The summed E-state index contributed by atoms with van der Waals surface area (Å²) in [5.74, 6) is 0.0802. The summed E-state index contributed by atoms with van der Waals surface area (Å²) < 4.78 is 5.58. The molecule has 3 rings (SSSR count). The highest BCUT2D eigenvalue weighted by Crippen LogP contribution is 2.22. The molecule has 2 aromatic carbocycles. The molecule has 0 amide bonds. The number of hydrogen-bond donors (Lipinski definition) is 0. The molecule has 0 aliphatic heterocycles. The topological polar surface area (TPSA) is 54.0 Å². The number of nitrogens with zero attached hydrogens (tertiary/aromatic N) is 1. The molecule has 0 aliphatic carbocycles. The quantitative estimate of drug-likeness (QED) is 0.658. The van der Waals surface area contributed by atoms with E-state index in [9.17, 15) is 4.79 Å². The van der Waals surface area contributed by atoms with Crippen molar-refractivity contribution in [1.82, 2.24) is 0 Å². The van der Waals surface area contributed by atoms with Gasteiger partial charge in [0.1, 0.15) is 5.58 Å². The Hall–Kier alpha value is -2.86. The average molecular weight is 261 g/mol. The van der Waals surface area contributed by atoms with E-state index < -0.39 is 0 Å². The molecule has 0 saturated carbocycles. The maximum Gasteiger partial charge on any atom is 0.228 e. The van der Waals surface area contributed by atoms with Crippen LogP contribution in [0.2, 0.25) is 0 Å². The van der Waals surface area contributed by atoms with Crippen LogP contribution in [0.4, 0.5) is 0 Å². The molecule has 3 nitrogen and oxygen atoms in total. The Kier molecular flexibility index (Phi) is 2.85. The minimum Gasteiger partial charge on any atom is -0.453 e. The van der Waals surface area contributed by atoms with E-state index in [0.29, 0.717) is 22.5 Å². The Balaban J connectivity index is 2.06. The van der Waals surface area contributed by atoms with Gasteiger partial charge in [-0.15, -0.1) is 0 Å². The van der Waals surface area contributed by atoms with Crippen LogP contribution in [0.25, 0.3) is 11.0 Å². The smallest absolute Gasteiger partial charge is 0.228 e. The second kappa shape index (κ2) is 4.67. The molecule has 0 aliphatic rings. The van der Waals surface area contributed by atoms with Crippen LogP contribution in [-0.2, 0) is 0 Å². The minimum atomic E-state index is -0.212. The van der Waals surface area contributed by atoms with Crippen molar-refractivity contribution >= 4 is 16.8 Å². The first-order chi connectivity index (χ1) is 9.67. The summed E-state index contributed by atoms with van der Waals surface area (Å²) in [6, 6.07) is 16.1. The van der Waals surface area contributed by atoms with Gasteiger partial charge in [-0.2, -0.15) is 5.26 Å². The van der Waals surface area contributed by atoms with Crippen LogP contribution < -0.4 is 0 Å². The molecule has 0 N–H and O–H groups in total. The van der Waals surface area contributed by atoms with Gasteiger partial charge in [0.2, 0.25) is 5.78 Å². The number of benzene rings is 2. The number of rotatable bonds is 2. The zero-order valence-corrected chi connectivity index (χ0v) is 10.9. The molecule has 1 heterocycles. The first-order valence-corrected chi connectivity index (χ1v) is 6.22. The summed E-state index contributed by atoms with van der Waals surface area (Å²) in [7, 11) is 0. The summed E-state index contributed by atoms with van der Waals surface area (Å²) in [6.45, 7) is 1.99. The van der Waals surface area contributed by atoms with Crippen molar-refractivity contribution in [2.75, 3.05) is 0 Å². The number of furan rings is 1. The van der Waals surface area contributed by atoms with Gasteiger partial charge in [0.05, 0.1) is 11.6 Å². The van der Waals surface area contributed by atoms with E-state index in [2.05, 4.69) is 0 Å². The zero-order valence-electron chi connectivity index (χ0n) is 10.9. The molecule has 3 aromatic rings. The zero-order chi connectivity index (χ0) is 14.1. The van der Waals surface area contributed by atoms with E-state index in [1.54, 1.807) is 30.3 Å². The van der Waals surface area contributed by atoms with Crippen molar-refractivity contribution in [3.05, 3.63) is 71.0 Å². The van der Waals surface area contributed by atoms with E-state index in [1.807, 2.05) is 31.2 Å². The number of fused-ring (bicyclic) bond motifs is 1. The fourth-order valence-electron chi connectivity index (χ4n) is 2.15. The van der Waals surface area contributed by atoms with E-state index >= 15 is 0 Å². The lowest BCUT2D eigenvalue weighted by atomic mass is 10.1. The van der Waals surface area contributed by atoms with Crippen molar-refractivity contribution in [3.8, 4) is 6.07 Å². The van der Waals surface area contributed by atoms with E-state index in [0.717, 1.165) is 10.9 Å². The molecule has 0 spiro atoms. The molecule has 0 bridgehead atoms. The second-order valence-electron chi connectivity index (χ2n) is 4.67. The van der Waals surface area contributed by atoms with Gasteiger partial charge in [0.25, 0.3) is 0 Å². The number of hydrogen-bond acceptors (Lipinski definition) is 3. The monoisotopic (exact) mass is 261 g/mol. The summed E-state index contributed by atoms with van der Waals surface area (Å²) >= 11 is 0. The molecular formula is C17H11NO2. The molecule has 3 heteroatoms. The Morgan fingerprint density at radius 3 is 2.80 bits per heavy atom. The molecule has 0 radical (unpaired) electrons. The van der Waals surface area contributed by atoms with Crippen LogP contribution >= 0.6 is 0 Å². The molecular weight excluding hydrogens is 250 g/mol. The standard InChI is InChI=1S/C17H11NO2/c1-11-5-6-15-14(7-11)9-16(20-15)17(19)13-4-2-3-12(8-13)10-18/h2-9H,1H3. The number of carbonyl (C=O) groups excluding carboxylic acids is 1. The number of ketones is 1. The summed E-state index contributed by atoms with van der Waals surface area (Å²) in [6.07, 6.45) is 0. The highest BCUT2D eigenvalue weighted by Gasteiger charge is 2.15. The van der Waals surface area contributed by atoms with Crippen LogP contribution in [-0.4, -0.2) is 5.78 Å². The largest absolute Gasteiger partial charge is 0.453 e. The summed E-state index contributed by atoms with van der Waals surface area (Å²) in [5.41, 5.74) is 2.72. The first kappa shape index (κ1) is 12.2. The number of nitriles is 1. The highest BCUT2D eigenvalue weighted by molar-refractivity contribution is 6.09. The fourth-order valence-corrected chi connectivity index (χ4v) is 2.15. The summed E-state index contributed by atoms with van der Waals surface area (Å²) in [4.78, 5) is 12.4. The van der Waals surface area contributed by atoms with Crippen molar-refractivity contribution in [2.45, 2.75) is 6.92 Å². The van der Waals surface area contributed by atoms with Crippen LogP contribution in [0.5, 0.6) is 0 Å². The molecule has 0 saturated heterocycles. The third kappa shape index (κ3) is 2.08. The number of carbonyl (C=O) groups is 1. The van der Waals surface area contributed by atoms with Crippen molar-refractivity contribution in [3.63, 3.8) is 0 Å². The van der Waals surface area contributed by atoms with E-state index in [-0.39, 0.29) is 5.78 Å². The van der Waals surface area contributed by atoms with Gasteiger partial charge in [0, 0.05) is 10.9 Å². The van der Waals surface area contributed by atoms with Crippen molar-refractivity contribution in [1.29, 1.82) is 5.26 Å². The predicted octanol–water partition coefficient (Wildman–Crippen LogP) is 3.84. The van der Waals surface area contributed by atoms with Gasteiger partial charge < -0.3 is 4.42 Å². The Labute approximate surface area is 116 Å². The molecule has 96 valence electrons. The van der Waals surface area contributed by atoms with Gasteiger partial charge in [-0.3, -0.25) is 4.79 Å². The van der Waals surface area contributed by atoms with Gasteiger partial charge in [-0.05, 0) is 37.3 Å². The maximum atomic E-state index is 12.4. The Morgan fingerprint density at radius 1 is 1.15 bits per heavy atom. The normalized spacial score (nSPS) is 10.4. The maximum absolute atomic E-state index is 12.4. The van der Waals surface area contributed by atoms with Gasteiger partial charge in [-0.1, -0.05) is 23.8 Å².